The van der Waals surface area contributed by atoms with Crippen LogP contribution in [0.3, 0.4) is 0 Å². The SMILES string of the molecule is Cc1ccc(-c2cc(C(F)(F)F)nc3sc(C(N)=O)c(NC(=O)c4ccn(COc5ccc(Cl)cc5Cl)n4)c23)cc1. The highest BCUT2D eigenvalue weighted by atomic mass is 35.5. The minimum absolute atomic E-state index is 0.0534. The maximum atomic E-state index is 13.7. The lowest BCUT2D eigenvalue weighted by atomic mass is 10.00. The number of pyridine rings is 1. The number of amides is 2. The molecule has 3 aromatic heterocycles. The van der Waals surface area contributed by atoms with Crippen molar-refractivity contribution in [1.82, 2.24) is 14.8 Å². The zero-order valence-corrected chi connectivity index (χ0v) is 23.3. The second-order valence-electron chi connectivity index (χ2n) is 8.81. The lowest BCUT2D eigenvalue weighted by Gasteiger charge is -2.12. The van der Waals surface area contributed by atoms with Gasteiger partial charge < -0.3 is 15.8 Å². The average molecular weight is 620 g/mol. The van der Waals surface area contributed by atoms with Gasteiger partial charge in [-0.25, -0.2) is 9.67 Å². The minimum Gasteiger partial charge on any atom is -0.470 e. The number of benzene rings is 2. The summed E-state index contributed by atoms with van der Waals surface area (Å²) in [6.45, 7) is 1.74. The highest BCUT2D eigenvalue weighted by Gasteiger charge is 2.35. The molecule has 3 heterocycles. The quantitative estimate of drug-likeness (QED) is 0.200. The maximum Gasteiger partial charge on any atom is 0.433 e. The number of anilines is 1. The van der Waals surface area contributed by atoms with E-state index in [9.17, 15) is 22.8 Å². The first-order valence-electron chi connectivity index (χ1n) is 11.7. The third kappa shape index (κ3) is 5.99. The van der Waals surface area contributed by atoms with Crippen LogP contribution < -0.4 is 15.8 Å². The summed E-state index contributed by atoms with van der Waals surface area (Å²) in [7, 11) is 0. The number of hydrogen-bond donors (Lipinski definition) is 2. The van der Waals surface area contributed by atoms with E-state index in [1.165, 1.54) is 23.0 Å². The summed E-state index contributed by atoms with van der Waals surface area (Å²) < 4.78 is 48.1. The molecule has 5 aromatic rings. The molecular weight excluding hydrogens is 602 g/mol. The fourth-order valence-electron chi connectivity index (χ4n) is 3.96. The molecule has 0 fully saturated rings. The Morgan fingerprint density at radius 1 is 1.10 bits per heavy atom. The number of thiophene rings is 1. The lowest BCUT2D eigenvalue weighted by Crippen LogP contribution is -2.18. The van der Waals surface area contributed by atoms with Gasteiger partial charge in [-0.3, -0.25) is 9.59 Å². The predicted octanol–water partition coefficient (Wildman–Crippen LogP) is 7.18. The second-order valence-corrected chi connectivity index (χ2v) is 10.7. The van der Waals surface area contributed by atoms with Crippen LogP contribution in [0, 0.1) is 6.92 Å². The van der Waals surface area contributed by atoms with Crippen LogP contribution in [0.5, 0.6) is 5.75 Å². The van der Waals surface area contributed by atoms with Gasteiger partial charge in [0.15, 0.2) is 12.4 Å². The highest BCUT2D eigenvalue weighted by molar-refractivity contribution is 7.21. The van der Waals surface area contributed by atoms with E-state index in [0.29, 0.717) is 27.7 Å². The third-order valence-electron chi connectivity index (χ3n) is 5.90. The average Bonchev–Trinajstić information content (AvgIpc) is 3.53. The van der Waals surface area contributed by atoms with Crippen molar-refractivity contribution < 1.29 is 27.5 Å². The van der Waals surface area contributed by atoms with Gasteiger partial charge in [-0.2, -0.15) is 18.3 Å². The summed E-state index contributed by atoms with van der Waals surface area (Å²) in [5.41, 5.74) is 5.76. The number of halogens is 5. The van der Waals surface area contributed by atoms with E-state index in [1.54, 1.807) is 36.4 Å². The number of primary amides is 1. The summed E-state index contributed by atoms with van der Waals surface area (Å²) in [5, 5.41) is 7.66. The molecule has 0 saturated carbocycles. The number of hydrogen-bond acceptors (Lipinski definition) is 6. The summed E-state index contributed by atoms with van der Waals surface area (Å²) in [5.74, 6) is -1.32. The number of alkyl halides is 3. The van der Waals surface area contributed by atoms with E-state index in [2.05, 4.69) is 15.4 Å². The van der Waals surface area contributed by atoms with Crippen molar-refractivity contribution in [1.29, 1.82) is 0 Å². The van der Waals surface area contributed by atoms with Crippen LogP contribution in [0.4, 0.5) is 18.9 Å². The molecule has 8 nitrogen and oxygen atoms in total. The molecule has 3 N–H and O–H groups in total. The number of aromatic nitrogens is 3. The molecule has 0 spiro atoms. The van der Waals surface area contributed by atoms with Gasteiger partial charge in [-0.05, 0) is 48.4 Å². The van der Waals surface area contributed by atoms with Crippen molar-refractivity contribution in [2.75, 3.05) is 5.32 Å². The Kier molecular flexibility index (Phi) is 7.64. The largest absolute Gasteiger partial charge is 0.470 e. The Bertz CT molecular complexity index is 1800. The Hall–Kier alpha value is -4.13. The van der Waals surface area contributed by atoms with Gasteiger partial charge in [-0.1, -0.05) is 53.0 Å². The number of aryl methyl sites for hydroxylation is 1. The Labute approximate surface area is 244 Å². The molecule has 0 radical (unpaired) electrons. The smallest absolute Gasteiger partial charge is 0.433 e. The van der Waals surface area contributed by atoms with Crippen LogP contribution in [-0.4, -0.2) is 26.6 Å². The van der Waals surface area contributed by atoms with Gasteiger partial charge in [0.25, 0.3) is 11.8 Å². The zero-order chi connectivity index (χ0) is 29.5. The third-order valence-corrected chi connectivity index (χ3v) is 7.53. The van der Waals surface area contributed by atoms with E-state index in [0.717, 1.165) is 11.6 Å². The van der Waals surface area contributed by atoms with Crippen LogP contribution in [-0.2, 0) is 12.9 Å². The molecule has 0 aliphatic rings. The predicted molar refractivity (Wildman–Crippen MR) is 151 cm³/mol. The van der Waals surface area contributed by atoms with E-state index in [-0.39, 0.29) is 43.8 Å². The van der Waals surface area contributed by atoms with Crippen molar-refractivity contribution >= 4 is 62.3 Å². The molecule has 0 unspecified atom stereocenters. The lowest BCUT2D eigenvalue weighted by molar-refractivity contribution is -0.140. The molecule has 0 aliphatic carbocycles. The summed E-state index contributed by atoms with van der Waals surface area (Å²) in [4.78, 5) is 29.0. The van der Waals surface area contributed by atoms with Crippen molar-refractivity contribution in [2.24, 2.45) is 5.73 Å². The zero-order valence-electron chi connectivity index (χ0n) is 20.9. The molecule has 2 amide bonds. The number of carbonyl (C=O) groups excluding carboxylic acids is 2. The second kappa shape index (κ2) is 11.0. The van der Waals surface area contributed by atoms with Gasteiger partial charge in [0.05, 0.1) is 10.7 Å². The maximum absolute atomic E-state index is 13.7. The number of carbonyl (C=O) groups is 2. The topological polar surface area (TPSA) is 112 Å². The van der Waals surface area contributed by atoms with E-state index < -0.39 is 23.7 Å². The number of fused-ring (bicyclic) bond motifs is 1. The highest BCUT2D eigenvalue weighted by Crippen LogP contribution is 2.43. The van der Waals surface area contributed by atoms with Gasteiger partial charge in [0.1, 0.15) is 21.2 Å². The van der Waals surface area contributed by atoms with E-state index in [1.807, 2.05) is 6.92 Å². The Balaban J connectivity index is 1.51. The number of nitrogens with two attached hydrogens (primary N) is 1. The first-order chi connectivity index (χ1) is 19.4. The molecule has 5 rings (SSSR count). The van der Waals surface area contributed by atoms with Crippen LogP contribution >= 0.6 is 34.5 Å². The molecular formula is C27H18Cl2F3N5O3S. The van der Waals surface area contributed by atoms with Gasteiger partial charge >= 0.3 is 6.18 Å². The number of nitrogens with one attached hydrogen (secondary N) is 1. The van der Waals surface area contributed by atoms with Gasteiger partial charge in [0.2, 0.25) is 0 Å². The summed E-state index contributed by atoms with van der Waals surface area (Å²) >= 11 is 12.7. The van der Waals surface area contributed by atoms with Crippen LogP contribution in [0.25, 0.3) is 21.3 Å². The van der Waals surface area contributed by atoms with Crippen LogP contribution in [0.1, 0.15) is 31.4 Å². The minimum atomic E-state index is -4.75. The summed E-state index contributed by atoms with van der Waals surface area (Å²) in [6, 6.07) is 13.7. The number of ether oxygens (including phenoxy) is 1. The molecule has 41 heavy (non-hydrogen) atoms. The molecule has 0 atom stereocenters. The fourth-order valence-corrected chi connectivity index (χ4v) is 5.43. The first kappa shape index (κ1) is 28.4. The Morgan fingerprint density at radius 3 is 2.49 bits per heavy atom. The van der Waals surface area contributed by atoms with Crippen LogP contribution in [0.15, 0.2) is 60.8 Å². The standard InChI is InChI=1S/C27H18Cl2F3N5O3S/c1-13-2-4-14(5-3-13)16-11-20(27(30,31)32)34-26-21(16)22(23(41-26)24(33)38)35-25(39)18-8-9-37(36-18)12-40-19-7-6-15(28)10-17(19)29/h2-11H,12H2,1H3,(H2,33,38)(H,35,39). The molecule has 0 bridgehead atoms. The molecule has 0 saturated heterocycles. The first-order valence-corrected chi connectivity index (χ1v) is 13.3. The Morgan fingerprint density at radius 2 is 1.83 bits per heavy atom. The normalized spacial score (nSPS) is 11.6. The number of rotatable bonds is 7. The van der Waals surface area contributed by atoms with E-state index in [4.69, 9.17) is 33.7 Å². The molecule has 14 heteroatoms. The molecule has 210 valence electrons. The van der Waals surface area contributed by atoms with Crippen molar-refractivity contribution in [3.05, 3.63) is 92.7 Å². The van der Waals surface area contributed by atoms with Crippen LogP contribution in [0.2, 0.25) is 10.0 Å². The van der Waals surface area contributed by atoms with Crippen molar-refractivity contribution in [2.45, 2.75) is 19.8 Å². The van der Waals surface area contributed by atoms with Crippen molar-refractivity contribution in [3.63, 3.8) is 0 Å². The van der Waals surface area contributed by atoms with Gasteiger partial charge in [0, 0.05) is 16.6 Å². The summed E-state index contributed by atoms with van der Waals surface area (Å²) in [6.07, 6.45) is -3.27. The fraction of sp³-hybridized carbons (Fsp3) is 0.111. The van der Waals surface area contributed by atoms with E-state index >= 15 is 0 Å². The molecule has 2 aromatic carbocycles. The van der Waals surface area contributed by atoms with Gasteiger partial charge in [-0.15, -0.1) is 11.3 Å². The number of nitrogens with zero attached hydrogens (tertiary/aromatic N) is 3. The van der Waals surface area contributed by atoms with Crippen molar-refractivity contribution in [3.8, 4) is 16.9 Å². The molecule has 0 aliphatic heterocycles. The monoisotopic (exact) mass is 619 g/mol.